The average molecular weight is 510 g/mol. The highest BCUT2D eigenvalue weighted by Gasteiger charge is 2.43. The molecule has 174 valence electrons. The lowest BCUT2D eigenvalue weighted by atomic mass is 10.1. The maximum atomic E-state index is 13.3. The van der Waals surface area contributed by atoms with E-state index in [9.17, 15) is 18.0 Å². The van der Waals surface area contributed by atoms with Crippen LogP contribution in [0, 0.1) is 0 Å². The van der Waals surface area contributed by atoms with Crippen molar-refractivity contribution in [3.63, 3.8) is 0 Å². The Hall–Kier alpha value is -1.48. The van der Waals surface area contributed by atoms with E-state index in [0.29, 0.717) is 48.5 Å². The number of rotatable bonds is 5. The maximum Gasteiger partial charge on any atom is 0.436 e. The Morgan fingerprint density at radius 2 is 1.72 bits per heavy atom. The summed E-state index contributed by atoms with van der Waals surface area (Å²) < 4.78 is 41.2. The maximum absolute atomic E-state index is 13.3. The van der Waals surface area contributed by atoms with Crippen molar-refractivity contribution < 1.29 is 18.0 Å². The molecule has 1 atom stereocenters. The number of nitrogens with zero attached hydrogens (tertiary/aromatic N) is 4. The number of alkyl halides is 3. The highest BCUT2D eigenvalue weighted by Crippen LogP contribution is 2.47. The van der Waals surface area contributed by atoms with E-state index in [2.05, 4.69) is 10.00 Å². The molecule has 1 aromatic carbocycles. The van der Waals surface area contributed by atoms with Crippen LogP contribution in [-0.4, -0.2) is 51.7 Å². The number of amides is 1. The molecule has 2 aromatic rings. The molecule has 1 aromatic heterocycles. The third-order valence-corrected chi connectivity index (χ3v) is 7.05. The van der Waals surface area contributed by atoms with Crippen LogP contribution in [0.3, 0.4) is 0 Å². The van der Waals surface area contributed by atoms with Crippen LogP contribution in [0.4, 0.5) is 13.2 Å². The molecule has 2 aliphatic rings. The molecule has 0 N–H and O–H groups in total. The quantitative estimate of drug-likeness (QED) is 0.523. The van der Waals surface area contributed by atoms with Gasteiger partial charge in [0.05, 0.1) is 10.7 Å². The lowest BCUT2D eigenvalue weighted by Gasteiger charge is -2.36. The lowest BCUT2D eigenvalue weighted by molar-refractivity contribution is -0.142. The standard InChI is InChI=1S/C21H22Cl3F3N4O/c1-12(31-18(13-5-6-13)17(24)19(28-31)21(25,26)27)20(32)30-9-7-29(8-10-30)11-14-15(22)3-2-4-16(14)23/h2-4,12-13H,5-11H2,1H3. The fraction of sp³-hybridized carbons (Fsp3) is 0.524. The highest BCUT2D eigenvalue weighted by molar-refractivity contribution is 6.36. The average Bonchev–Trinajstić information content (AvgIpc) is 3.51. The molecule has 5 nitrogen and oxygen atoms in total. The van der Waals surface area contributed by atoms with E-state index in [1.807, 2.05) is 0 Å². The Balaban J connectivity index is 1.45. The van der Waals surface area contributed by atoms with Gasteiger partial charge in [-0.2, -0.15) is 18.3 Å². The second kappa shape index (κ2) is 9.05. The van der Waals surface area contributed by atoms with E-state index in [4.69, 9.17) is 34.8 Å². The molecule has 11 heteroatoms. The molecule has 4 rings (SSSR count). The molecular formula is C21H22Cl3F3N4O. The van der Waals surface area contributed by atoms with Gasteiger partial charge in [0.1, 0.15) is 6.04 Å². The molecule has 1 aliphatic heterocycles. The number of carbonyl (C=O) groups is 1. The first kappa shape index (κ1) is 23.7. The van der Waals surface area contributed by atoms with Crippen LogP contribution in [0.15, 0.2) is 18.2 Å². The Bertz CT molecular complexity index is 994. The molecule has 2 fully saturated rings. The smallest absolute Gasteiger partial charge is 0.338 e. The van der Waals surface area contributed by atoms with Gasteiger partial charge < -0.3 is 4.90 Å². The van der Waals surface area contributed by atoms with Gasteiger partial charge in [0.25, 0.3) is 0 Å². The van der Waals surface area contributed by atoms with Crippen LogP contribution in [0.25, 0.3) is 0 Å². The third kappa shape index (κ3) is 4.74. The van der Waals surface area contributed by atoms with Gasteiger partial charge in [-0.1, -0.05) is 40.9 Å². The number of halogens is 6. The topological polar surface area (TPSA) is 41.4 Å². The predicted octanol–water partition coefficient (Wildman–Crippen LogP) is 5.64. The van der Waals surface area contributed by atoms with Gasteiger partial charge in [0, 0.05) is 54.3 Å². The summed E-state index contributed by atoms with van der Waals surface area (Å²) in [5.74, 6) is -0.353. The Morgan fingerprint density at radius 3 is 2.25 bits per heavy atom. The molecule has 1 unspecified atom stereocenters. The molecule has 0 radical (unpaired) electrons. The highest BCUT2D eigenvalue weighted by atomic mass is 35.5. The van der Waals surface area contributed by atoms with E-state index in [1.54, 1.807) is 30.0 Å². The second-order valence-electron chi connectivity index (χ2n) is 8.24. The third-order valence-electron chi connectivity index (χ3n) is 5.97. The van der Waals surface area contributed by atoms with Gasteiger partial charge in [-0.3, -0.25) is 14.4 Å². The monoisotopic (exact) mass is 508 g/mol. The molecule has 2 heterocycles. The fourth-order valence-corrected chi connectivity index (χ4v) is 4.93. The normalized spacial score (nSPS) is 18.8. The lowest BCUT2D eigenvalue weighted by Crippen LogP contribution is -2.50. The van der Waals surface area contributed by atoms with Crippen molar-refractivity contribution in [1.29, 1.82) is 0 Å². The van der Waals surface area contributed by atoms with Crippen LogP contribution in [0.2, 0.25) is 15.1 Å². The van der Waals surface area contributed by atoms with Gasteiger partial charge in [0.15, 0.2) is 5.69 Å². The summed E-state index contributed by atoms with van der Waals surface area (Å²) in [4.78, 5) is 16.9. The van der Waals surface area contributed by atoms with E-state index in [1.165, 1.54) is 4.68 Å². The second-order valence-corrected chi connectivity index (χ2v) is 9.43. The summed E-state index contributed by atoms with van der Waals surface area (Å²) in [7, 11) is 0. The van der Waals surface area contributed by atoms with Gasteiger partial charge >= 0.3 is 6.18 Å². The largest absolute Gasteiger partial charge is 0.436 e. The molecule has 0 bridgehead atoms. The van der Waals surface area contributed by atoms with Crippen molar-refractivity contribution in [2.45, 2.75) is 44.4 Å². The van der Waals surface area contributed by atoms with Crippen molar-refractivity contribution in [3.8, 4) is 0 Å². The van der Waals surface area contributed by atoms with Gasteiger partial charge in [-0.05, 0) is 31.9 Å². The minimum absolute atomic E-state index is 0.0847. The number of hydrogen-bond acceptors (Lipinski definition) is 3. The zero-order valence-electron chi connectivity index (χ0n) is 17.3. The minimum Gasteiger partial charge on any atom is -0.338 e. The zero-order chi connectivity index (χ0) is 23.2. The fourth-order valence-electron chi connectivity index (χ4n) is 4.03. The first-order valence-corrected chi connectivity index (χ1v) is 11.5. The molecular weight excluding hydrogens is 488 g/mol. The molecule has 1 saturated carbocycles. The number of carbonyl (C=O) groups excluding carboxylic acids is 1. The Kier molecular flexibility index (Phi) is 6.69. The van der Waals surface area contributed by atoms with Crippen molar-refractivity contribution in [2.24, 2.45) is 0 Å². The first-order valence-electron chi connectivity index (χ1n) is 10.4. The summed E-state index contributed by atoms with van der Waals surface area (Å²) in [6.45, 7) is 4.24. The zero-order valence-corrected chi connectivity index (χ0v) is 19.6. The van der Waals surface area contributed by atoms with Crippen LogP contribution < -0.4 is 0 Å². The Labute approximate surface area is 199 Å². The van der Waals surface area contributed by atoms with Crippen LogP contribution in [-0.2, 0) is 17.5 Å². The number of aromatic nitrogens is 2. The van der Waals surface area contributed by atoms with Crippen molar-refractivity contribution in [1.82, 2.24) is 19.6 Å². The molecule has 1 aliphatic carbocycles. The summed E-state index contributed by atoms with van der Waals surface area (Å²) in [6, 6.07) is 4.48. The molecule has 32 heavy (non-hydrogen) atoms. The van der Waals surface area contributed by atoms with E-state index in [-0.39, 0.29) is 16.8 Å². The predicted molar refractivity (Wildman–Crippen MR) is 117 cm³/mol. The van der Waals surface area contributed by atoms with Crippen molar-refractivity contribution in [3.05, 3.63) is 50.2 Å². The summed E-state index contributed by atoms with van der Waals surface area (Å²) in [5, 5.41) is 4.51. The van der Waals surface area contributed by atoms with E-state index >= 15 is 0 Å². The summed E-state index contributed by atoms with van der Waals surface area (Å²) in [5.41, 5.74) is 0.0258. The van der Waals surface area contributed by atoms with Crippen molar-refractivity contribution >= 4 is 40.7 Å². The van der Waals surface area contributed by atoms with E-state index in [0.717, 1.165) is 18.4 Å². The summed E-state index contributed by atoms with van der Waals surface area (Å²) >= 11 is 18.6. The first-order chi connectivity index (χ1) is 15.1. The van der Waals surface area contributed by atoms with Gasteiger partial charge in [-0.15, -0.1) is 0 Å². The number of hydrogen-bond donors (Lipinski definition) is 0. The van der Waals surface area contributed by atoms with E-state index < -0.39 is 17.9 Å². The molecule has 0 spiro atoms. The minimum atomic E-state index is -4.67. The van der Waals surface area contributed by atoms with Crippen LogP contribution in [0.1, 0.15) is 48.7 Å². The number of benzene rings is 1. The van der Waals surface area contributed by atoms with Crippen LogP contribution in [0.5, 0.6) is 0 Å². The van der Waals surface area contributed by atoms with Gasteiger partial charge in [-0.25, -0.2) is 0 Å². The number of piperazine rings is 1. The Morgan fingerprint density at radius 1 is 1.12 bits per heavy atom. The summed E-state index contributed by atoms with van der Waals surface area (Å²) in [6.07, 6.45) is -3.18. The van der Waals surface area contributed by atoms with Crippen LogP contribution >= 0.6 is 34.8 Å². The van der Waals surface area contributed by atoms with Gasteiger partial charge in [0.2, 0.25) is 5.91 Å². The SMILES string of the molecule is CC(C(=O)N1CCN(Cc2c(Cl)cccc2Cl)CC1)n1nc(C(F)(F)F)c(Cl)c1C1CC1. The molecule has 1 amide bonds. The molecule has 1 saturated heterocycles. The van der Waals surface area contributed by atoms with Crippen molar-refractivity contribution in [2.75, 3.05) is 26.2 Å².